The van der Waals surface area contributed by atoms with Crippen molar-refractivity contribution in [2.75, 3.05) is 6.26 Å². The molecule has 4 heteroatoms. The molecule has 2 aliphatic heterocycles. The van der Waals surface area contributed by atoms with Gasteiger partial charge in [-0.2, -0.15) is 0 Å². The second kappa shape index (κ2) is 5.29. The number of carbonyl (C=O) groups excluding carboxylic acids is 1. The Morgan fingerprint density at radius 1 is 1.37 bits per heavy atom. The average Bonchev–Trinajstić information content (AvgIpc) is 2.91. The first-order chi connectivity index (χ1) is 9.29. The van der Waals surface area contributed by atoms with Crippen LogP contribution >= 0.6 is 11.8 Å². The van der Waals surface area contributed by atoms with Gasteiger partial charge in [0, 0.05) is 13.0 Å². The number of benzene rings is 1. The summed E-state index contributed by atoms with van der Waals surface area (Å²) in [7, 11) is 0. The van der Waals surface area contributed by atoms with Gasteiger partial charge in [0.05, 0.1) is 17.6 Å². The van der Waals surface area contributed by atoms with Gasteiger partial charge in [0.1, 0.15) is 6.10 Å². The van der Waals surface area contributed by atoms with E-state index in [1.54, 1.807) is 18.0 Å². The summed E-state index contributed by atoms with van der Waals surface area (Å²) in [4.78, 5) is 14.5. The van der Waals surface area contributed by atoms with E-state index in [-0.39, 0.29) is 23.3 Å². The molecule has 2 heterocycles. The smallest absolute Gasteiger partial charge is 0.234 e. The first-order valence-corrected chi connectivity index (χ1v) is 7.77. The molecule has 19 heavy (non-hydrogen) atoms. The molecule has 2 aliphatic rings. The van der Waals surface area contributed by atoms with Crippen LogP contribution in [0.1, 0.15) is 12.0 Å². The van der Waals surface area contributed by atoms with Crippen molar-refractivity contribution in [1.29, 1.82) is 0 Å². The van der Waals surface area contributed by atoms with Gasteiger partial charge in [-0.15, -0.1) is 11.8 Å². The van der Waals surface area contributed by atoms with Crippen molar-refractivity contribution in [1.82, 2.24) is 4.90 Å². The number of likely N-dealkylation sites (tertiary alicyclic amines) is 1. The fraction of sp³-hybridized carbons (Fsp3) is 0.400. The highest BCUT2D eigenvalue weighted by atomic mass is 32.2. The number of thioether (sulfide) groups is 1. The minimum absolute atomic E-state index is 0.0389. The molecule has 1 saturated heterocycles. The standard InChI is InChI=1S/C15H17NO2S/c1-19-14-9-13-12(7-8-18-13)15(17)16(14)10-11-5-3-2-4-6-11/h2-8,12-14H,9-10H2,1H3/t12-,13-,14+/m0/s1. The van der Waals surface area contributed by atoms with E-state index in [9.17, 15) is 4.79 Å². The summed E-state index contributed by atoms with van der Waals surface area (Å²) in [5, 5.41) is 0.203. The van der Waals surface area contributed by atoms with E-state index in [0.717, 1.165) is 6.42 Å². The maximum atomic E-state index is 12.6. The van der Waals surface area contributed by atoms with E-state index in [1.807, 2.05) is 29.2 Å². The maximum absolute atomic E-state index is 12.6. The Labute approximate surface area is 117 Å². The molecule has 0 spiro atoms. The van der Waals surface area contributed by atoms with Crippen LogP contribution in [0.5, 0.6) is 0 Å². The number of piperidine rings is 1. The zero-order valence-electron chi connectivity index (χ0n) is 10.9. The lowest BCUT2D eigenvalue weighted by Gasteiger charge is -2.39. The molecular formula is C15H17NO2S. The van der Waals surface area contributed by atoms with Crippen LogP contribution in [0, 0.1) is 5.92 Å². The molecule has 0 unspecified atom stereocenters. The molecule has 0 radical (unpaired) electrons. The molecule has 1 aromatic carbocycles. The van der Waals surface area contributed by atoms with E-state index in [0.29, 0.717) is 6.54 Å². The van der Waals surface area contributed by atoms with Crippen molar-refractivity contribution in [3.05, 3.63) is 48.2 Å². The van der Waals surface area contributed by atoms with E-state index >= 15 is 0 Å². The van der Waals surface area contributed by atoms with Crippen LogP contribution in [0.3, 0.4) is 0 Å². The Hall–Kier alpha value is -1.42. The van der Waals surface area contributed by atoms with Crippen LogP contribution in [0.4, 0.5) is 0 Å². The van der Waals surface area contributed by atoms with Crippen LogP contribution < -0.4 is 0 Å². The average molecular weight is 275 g/mol. The van der Waals surface area contributed by atoms with Crippen LogP contribution in [-0.4, -0.2) is 28.5 Å². The lowest BCUT2D eigenvalue weighted by Crippen LogP contribution is -2.50. The Balaban J connectivity index is 1.81. The van der Waals surface area contributed by atoms with Gasteiger partial charge in [0.2, 0.25) is 5.91 Å². The van der Waals surface area contributed by atoms with Crippen LogP contribution in [0.25, 0.3) is 0 Å². The van der Waals surface area contributed by atoms with Gasteiger partial charge in [-0.3, -0.25) is 4.79 Å². The number of amides is 1. The van der Waals surface area contributed by atoms with Gasteiger partial charge < -0.3 is 9.64 Å². The zero-order chi connectivity index (χ0) is 13.2. The molecule has 1 fully saturated rings. The third-order valence-corrected chi connectivity index (χ3v) is 4.75. The molecule has 1 aromatic rings. The Bertz CT molecular complexity index is 488. The summed E-state index contributed by atoms with van der Waals surface area (Å²) in [5.74, 6) is 0.0975. The van der Waals surface area contributed by atoms with Crippen molar-refractivity contribution < 1.29 is 9.53 Å². The highest BCUT2D eigenvalue weighted by Crippen LogP contribution is 2.35. The summed E-state index contributed by atoms with van der Waals surface area (Å²) in [6.07, 6.45) is 6.56. The number of fused-ring (bicyclic) bond motifs is 1. The van der Waals surface area contributed by atoms with Crippen LogP contribution in [0.2, 0.25) is 0 Å². The van der Waals surface area contributed by atoms with Crippen LogP contribution in [-0.2, 0) is 16.1 Å². The molecule has 100 valence electrons. The third-order valence-electron chi connectivity index (χ3n) is 3.76. The van der Waals surface area contributed by atoms with Crippen LogP contribution in [0.15, 0.2) is 42.7 Å². The number of ether oxygens (including phenoxy) is 1. The van der Waals surface area contributed by atoms with Gasteiger partial charge in [-0.05, 0) is 17.9 Å². The largest absolute Gasteiger partial charge is 0.497 e. The lowest BCUT2D eigenvalue weighted by atomic mass is 9.94. The summed E-state index contributed by atoms with van der Waals surface area (Å²) in [6.45, 7) is 0.683. The van der Waals surface area contributed by atoms with E-state index in [2.05, 4.69) is 18.4 Å². The van der Waals surface area contributed by atoms with Gasteiger partial charge in [0.15, 0.2) is 0 Å². The first kappa shape index (κ1) is 12.6. The van der Waals surface area contributed by atoms with E-state index < -0.39 is 0 Å². The van der Waals surface area contributed by atoms with Gasteiger partial charge >= 0.3 is 0 Å². The summed E-state index contributed by atoms with van der Waals surface area (Å²) in [5.41, 5.74) is 1.18. The Morgan fingerprint density at radius 3 is 2.89 bits per heavy atom. The molecule has 3 rings (SSSR count). The minimum Gasteiger partial charge on any atom is -0.497 e. The topological polar surface area (TPSA) is 29.5 Å². The molecule has 0 aromatic heterocycles. The predicted octanol–water partition coefficient (Wildman–Crippen LogP) is 2.64. The van der Waals surface area contributed by atoms with E-state index in [1.165, 1.54) is 5.56 Å². The van der Waals surface area contributed by atoms with Gasteiger partial charge in [-0.25, -0.2) is 0 Å². The molecule has 3 nitrogen and oxygen atoms in total. The summed E-state index contributed by atoms with van der Waals surface area (Å²) >= 11 is 1.72. The van der Waals surface area contributed by atoms with Crippen molar-refractivity contribution >= 4 is 17.7 Å². The lowest BCUT2D eigenvalue weighted by molar-refractivity contribution is -0.142. The highest BCUT2D eigenvalue weighted by molar-refractivity contribution is 7.99. The number of hydrogen-bond donors (Lipinski definition) is 0. The number of carbonyl (C=O) groups is 1. The maximum Gasteiger partial charge on any atom is 0.234 e. The number of hydrogen-bond acceptors (Lipinski definition) is 3. The van der Waals surface area contributed by atoms with Crippen molar-refractivity contribution in [2.24, 2.45) is 5.92 Å². The zero-order valence-corrected chi connectivity index (χ0v) is 11.7. The Kier molecular flexibility index (Phi) is 3.51. The quantitative estimate of drug-likeness (QED) is 0.849. The number of rotatable bonds is 3. The fourth-order valence-corrected chi connectivity index (χ4v) is 3.54. The fourth-order valence-electron chi connectivity index (χ4n) is 2.73. The molecule has 3 atom stereocenters. The normalized spacial score (nSPS) is 29.2. The van der Waals surface area contributed by atoms with Crippen molar-refractivity contribution in [3.8, 4) is 0 Å². The SMILES string of the molecule is CS[C@@H]1C[C@@H]2OC=C[C@@H]2C(=O)N1Cc1ccccc1. The van der Waals surface area contributed by atoms with Crippen molar-refractivity contribution in [2.45, 2.75) is 24.4 Å². The minimum atomic E-state index is -0.0906. The molecule has 0 bridgehead atoms. The molecule has 0 aliphatic carbocycles. The molecular weight excluding hydrogens is 258 g/mol. The highest BCUT2D eigenvalue weighted by Gasteiger charge is 2.43. The number of nitrogens with zero attached hydrogens (tertiary/aromatic N) is 1. The summed E-state index contributed by atoms with van der Waals surface area (Å²) < 4.78 is 5.52. The van der Waals surface area contributed by atoms with Crippen molar-refractivity contribution in [3.63, 3.8) is 0 Å². The molecule has 1 amide bonds. The van der Waals surface area contributed by atoms with Gasteiger partial charge in [0.25, 0.3) is 0 Å². The van der Waals surface area contributed by atoms with Gasteiger partial charge in [-0.1, -0.05) is 30.3 Å². The predicted molar refractivity (Wildman–Crippen MR) is 76.4 cm³/mol. The summed E-state index contributed by atoms with van der Waals surface area (Å²) in [6, 6.07) is 10.2. The Morgan fingerprint density at radius 2 is 2.16 bits per heavy atom. The molecule has 0 saturated carbocycles. The second-order valence-electron chi connectivity index (χ2n) is 4.91. The second-order valence-corrected chi connectivity index (χ2v) is 5.92. The monoisotopic (exact) mass is 275 g/mol. The molecule has 0 N–H and O–H groups in total. The third kappa shape index (κ3) is 2.37. The first-order valence-electron chi connectivity index (χ1n) is 6.49. The van der Waals surface area contributed by atoms with E-state index in [4.69, 9.17) is 4.74 Å².